The number of imide groups is 1. The Morgan fingerprint density at radius 1 is 1.11 bits per heavy atom. The SMILES string of the molecule is O=C(CC[C@@H](CBr)OCc1ccccc1)N1C(=O)OC[C@@H]1Cc1ccccc1. The van der Waals surface area contributed by atoms with Crippen molar-refractivity contribution < 1.29 is 19.1 Å². The summed E-state index contributed by atoms with van der Waals surface area (Å²) >= 11 is 3.45. The second kappa shape index (κ2) is 10.4. The number of carbonyl (C=O) groups is 2. The first-order chi connectivity index (χ1) is 13.7. The first-order valence-electron chi connectivity index (χ1n) is 9.41. The van der Waals surface area contributed by atoms with Crippen LogP contribution in [0.2, 0.25) is 0 Å². The molecule has 3 rings (SSSR count). The van der Waals surface area contributed by atoms with E-state index in [2.05, 4.69) is 15.9 Å². The smallest absolute Gasteiger partial charge is 0.416 e. The predicted octanol–water partition coefficient (Wildman–Crippen LogP) is 4.34. The molecule has 1 heterocycles. The summed E-state index contributed by atoms with van der Waals surface area (Å²) in [6, 6.07) is 19.5. The third-order valence-corrected chi connectivity index (χ3v) is 5.45. The second-order valence-electron chi connectivity index (χ2n) is 6.80. The first kappa shape index (κ1) is 20.6. The fourth-order valence-electron chi connectivity index (χ4n) is 3.20. The van der Waals surface area contributed by atoms with E-state index in [0.717, 1.165) is 11.1 Å². The minimum Gasteiger partial charge on any atom is -0.447 e. The Labute approximate surface area is 173 Å². The molecule has 2 aromatic rings. The van der Waals surface area contributed by atoms with Gasteiger partial charge in [-0.25, -0.2) is 9.69 Å². The fourth-order valence-corrected chi connectivity index (χ4v) is 3.71. The van der Waals surface area contributed by atoms with Gasteiger partial charge >= 0.3 is 6.09 Å². The predicted molar refractivity (Wildman–Crippen MR) is 110 cm³/mol. The van der Waals surface area contributed by atoms with E-state index in [1.165, 1.54) is 4.90 Å². The maximum absolute atomic E-state index is 12.7. The molecule has 0 radical (unpaired) electrons. The number of alkyl halides is 1. The van der Waals surface area contributed by atoms with E-state index in [4.69, 9.17) is 9.47 Å². The van der Waals surface area contributed by atoms with E-state index in [-0.39, 0.29) is 31.1 Å². The number of ether oxygens (including phenoxy) is 2. The number of benzene rings is 2. The highest BCUT2D eigenvalue weighted by Gasteiger charge is 2.37. The van der Waals surface area contributed by atoms with Crippen LogP contribution in [0, 0.1) is 0 Å². The van der Waals surface area contributed by atoms with Crippen molar-refractivity contribution in [1.29, 1.82) is 0 Å². The summed E-state index contributed by atoms with van der Waals surface area (Å²) < 4.78 is 11.0. The van der Waals surface area contributed by atoms with Crippen LogP contribution in [0.5, 0.6) is 0 Å². The molecule has 6 heteroatoms. The quantitative estimate of drug-likeness (QED) is 0.538. The maximum Gasteiger partial charge on any atom is 0.416 e. The van der Waals surface area contributed by atoms with Crippen molar-refractivity contribution in [2.75, 3.05) is 11.9 Å². The Hall–Kier alpha value is -2.18. The summed E-state index contributed by atoms with van der Waals surface area (Å²) in [4.78, 5) is 26.1. The summed E-state index contributed by atoms with van der Waals surface area (Å²) in [5, 5.41) is 0.630. The van der Waals surface area contributed by atoms with Crippen LogP contribution < -0.4 is 0 Å². The van der Waals surface area contributed by atoms with Crippen LogP contribution in [0.15, 0.2) is 60.7 Å². The van der Waals surface area contributed by atoms with Gasteiger partial charge in [0.15, 0.2) is 0 Å². The van der Waals surface area contributed by atoms with E-state index < -0.39 is 6.09 Å². The molecule has 5 nitrogen and oxygen atoms in total. The number of hydrogen-bond acceptors (Lipinski definition) is 4. The lowest BCUT2D eigenvalue weighted by Gasteiger charge is -2.21. The largest absolute Gasteiger partial charge is 0.447 e. The zero-order valence-electron chi connectivity index (χ0n) is 15.6. The third-order valence-electron chi connectivity index (χ3n) is 4.72. The van der Waals surface area contributed by atoms with E-state index in [1.807, 2.05) is 60.7 Å². The van der Waals surface area contributed by atoms with Gasteiger partial charge in [0.2, 0.25) is 5.91 Å². The Kier molecular flexibility index (Phi) is 7.62. The molecule has 1 aliphatic heterocycles. The lowest BCUT2D eigenvalue weighted by Crippen LogP contribution is -2.40. The highest BCUT2D eigenvalue weighted by Crippen LogP contribution is 2.20. The molecule has 0 spiro atoms. The van der Waals surface area contributed by atoms with Crippen LogP contribution in [0.1, 0.15) is 24.0 Å². The van der Waals surface area contributed by atoms with Crippen LogP contribution >= 0.6 is 15.9 Å². The molecule has 1 saturated heterocycles. The normalized spacial score (nSPS) is 17.4. The highest BCUT2D eigenvalue weighted by molar-refractivity contribution is 9.09. The van der Waals surface area contributed by atoms with Crippen LogP contribution in [0.3, 0.4) is 0 Å². The molecule has 148 valence electrons. The Balaban J connectivity index is 1.52. The van der Waals surface area contributed by atoms with E-state index >= 15 is 0 Å². The highest BCUT2D eigenvalue weighted by atomic mass is 79.9. The Bertz CT molecular complexity index is 769. The van der Waals surface area contributed by atoms with Gasteiger partial charge in [0.1, 0.15) is 6.61 Å². The molecular formula is C22H24BrNO4. The van der Waals surface area contributed by atoms with Gasteiger partial charge in [-0.05, 0) is 24.0 Å². The number of carbonyl (C=O) groups excluding carboxylic acids is 2. The molecule has 2 atom stereocenters. The molecule has 28 heavy (non-hydrogen) atoms. The minimum atomic E-state index is -0.550. The van der Waals surface area contributed by atoms with Crippen LogP contribution in [-0.4, -0.2) is 41.0 Å². The van der Waals surface area contributed by atoms with Gasteiger partial charge in [-0.2, -0.15) is 0 Å². The summed E-state index contributed by atoms with van der Waals surface area (Å²) in [7, 11) is 0. The Morgan fingerprint density at radius 3 is 2.39 bits per heavy atom. The molecule has 1 aliphatic rings. The zero-order valence-corrected chi connectivity index (χ0v) is 17.2. The summed E-state index contributed by atoms with van der Waals surface area (Å²) in [6.07, 6.45) is 0.733. The minimum absolute atomic E-state index is 0.102. The number of amides is 2. The van der Waals surface area contributed by atoms with Gasteiger partial charge in [0, 0.05) is 11.8 Å². The summed E-state index contributed by atoms with van der Waals surface area (Å²) in [6.45, 7) is 0.736. The molecule has 0 unspecified atom stereocenters. The zero-order chi connectivity index (χ0) is 19.8. The third kappa shape index (κ3) is 5.66. The molecule has 0 aliphatic carbocycles. The maximum atomic E-state index is 12.7. The first-order valence-corrected chi connectivity index (χ1v) is 10.5. The fraction of sp³-hybridized carbons (Fsp3) is 0.364. The van der Waals surface area contributed by atoms with Crippen molar-refractivity contribution in [2.45, 2.75) is 38.0 Å². The molecule has 0 saturated carbocycles. The summed E-state index contributed by atoms with van der Waals surface area (Å²) in [5.74, 6) is -0.210. The lowest BCUT2D eigenvalue weighted by molar-refractivity contribution is -0.129. The number of nitrogens with zero attached hydrogens (tertiary/aromatic N) is 1. The van der Waals surface area contributed by atoms with E-state index in [0.29, 0.717) is 24.8 Å². The van der Waals surface area contributed by atoms with Gasteiger partial charge in [-0.1, -0.05) is 76.6 Å². The summed E-state index contributed by atoms with van der Waals surface area (Å²) in [5.41, 5.74) is 2.17. The van der Waals surface area contributed by atoms with Crippen molar-refractivity contribution in [3.63, 3.8) is 0 Å². The van der Waals surface area contributed by atoms with Crippen LogP contribution in [-0.2, 0) is 27.3 Å². The van der Waals surface area contributed by atoms with Crippen LogP contribution in [0.25, 0.3) is 0 Å². The van der Waals surface area contributed by atoms with Crippen LogP contribution in [0.4, 0.5) is 4.79 Å². The van der Waals surface area contributed by atoms with Crippen molar-refractivity contribution in [1.82, 2.24) is 4.90 Å². The number of cyclic esters (lactones) is 1. The lowest BCUT2D eigenvalue weighted by atomic mass is 10.1. The van der Waals surface area contributed by atoms with Gasteiger partial charge in [-0.15, -0.1) is 0 Å². The number of halogens is 1. The van der Waals surface area contributed by atoms with Gasteiger partial charge in [0.25, 0.3) is 0 Å². The van der Waals surface area contributed by atoms with Crippen molar-refractivity contribution in [3.05, 3.63) is 71.8 Å². The molecule has 2 aromatic carbocycles. The average molecular weight is 446 g/mol. The van der Waals surface area contributed by atoms with Gasteiger partial charge < -0.3 is 9.47 Å². The second-order valence-corrected chi connectivity index (χ2v) is 7.44. The average Bonchev–Trinajstić information content (AvgIpc) is 3.09. The van der Waals surface area contributed by atoms with Crippen molar-refractivity contribution in [2.24, 2.45) is 0 Å². The van der Waals surface area contributed by atoms with Gasteiger partial charge in [-0.3, -0.25) is 4.79 Å². The topological polar surface area (TPSA) is 55.8 Å². The molecular weight excluding hydrogens is 422 g/mol. The number of hydrogen-bond donors (Lipinski definition) is 0. The van der Waals surface area contributed by atoms with Crippen molar-refractivity contribution in [3.8, 4) is 0 Å². The van der Waals surface area contributed by atoms with E-state index in [1.54, 1.807) is 0 Å². The number of rotatable bonds is 9. The van der Waals surface area contributed by atoms with E-state index in [9.17, 15) is 9.59 Å². The molecule has 0 N–H and O–H groups in total. The Morgan fingerprint density at radius 2 is 1.75 bits per heavy atom. The molecule has 2 amide bonds. The standard InChI is InChI=1S/C22H24BrNO4/c23-14-20(27-15-18-9-5-2-6-10-18)11-12-21(25)24-19(16-28-22(24)26)13-17-7-3-1-4-8-17/h1-10,19-20H,11-16H2/t19-,20-/m0/s1. The monoisotopic (exact) mass is 445 g/mol. The molecule has 0 bridgehead atoms. The molecule has 0 aromatic heterocycles. The van der Waals surface area contributed by atoms with Gasteiger partial charge in [0.05, 0.1) is 18.8 Å². The van der Waals surface area contributed by atoms with Crippen molar-refractivity contribution >= 4 is 27.9 Å². The molecule has 1 fully saturated rings.